The lowest BCUT2D eigenvalue weighted by Crippen LogP contribution is -2.38. The van der Waals surface area contributed by atoms with Crippen molar-refractivity contribution < 1.29 is 18.3 Å². The van der Waals surface area contributed by atoms with Crippen LogP contribution in [0.2, 0.25) is 0 Å². The van der Waals surface area contributed by atoms with E-state index >= 15 is 0 Å². The smallest absolute Gasteiger partial charge is 0.243 e. The second-order valence-electron chi connectivity index (χ2n) is 7.35. The van der Waals surface area contributed by atoms with Gasteiger partial charge in [0.05, 0.1) is 12.0 Å². The molecular formula is C21H30N2O4S. The molecule has 2 aromatic carbocycles. The van der Waals surface area contributed by atoms with Crippen LogP contribution in [-0.4, -0.2) is 44.1 Å². The number of sulfonamides is 1. The van der Waals surface area contributed by atoms with Crippen molar-refractivity contribution in [3.8, 4) is 11.5 Å². The molecule has 3 N–H and O–H groups in total. The SMILES string of the molecule is COc1ccc(S(=O)(=O)N(CC[C@@H](N)Cc2ccc(O)cc2)CC(C)C)cc1. The molecule has 154 valence electrons. The summed E-state index contributed by atoms with van der Waals surface area (Å²) in [6, 6.07) is 13.2. The minimum absolute atomic E-state index is 0.176. The maximum atomic E-state index is 13.1. The van der Waals surface area contributed by atoms with Crippen molar-refractivity contribution in [1.82, 2.24) is 4.31 Å². The number of rotatable bonds is 10. The molecule has 0 saturated carbocycles. The first-order valence-corrected chi connectivity index (χ1v) is 10.8. The Morgan fingerprint density at radius 1 is 1.07 bits per heavy atom. The van der Waals surface area contributed by atoms with E-state index < -0.39 is 10.0 Å². The number of hydrogen-bond donors (Lipinski definition) is 2. The van der Waals surface area contributed by atoms with Crippen LogP contribution < -0.4 is 10.5 Å². The zero-order valence-electron chi connectivity index (χ0n) is 16.7. The summed E-state index contributed by atoms with van der Waals surface area (Å²) in [5.74, 6) is 1.03. The normalized spacial score (nSPS) is 13.1. The number of nitrogens with zero attached hydrogens (tertiary/aromatic N) is 1. The summed E-state index contributed by atoms with van der Waals surface area (Å²) in [7, 11) is -2.06. The highest BCUT2D eigenvalue weighted by atomic mass is 32.2. The molecule has 0 fully saturated rings. The van der Waals surface area contributed by atoms with E-state index in [1.54, 1.807) is 43.5 Å². The average molecular weight is 407 g/mol. The molecular weight excluding hydrogens is 376 g/mol. The summed E-state index contributed by atoms with van der Waals surface area (Å²) < 4.78 is 32.8. The van der Waals surface area contributed by atoms with Gasteiger partial charge in [-0.15, -0.1) is 0 Å². The molecule has 0 heterocycles. The molecule has 0 aromatic heterocycles. The Bertz CT molecular complexity index is 834. The van der Waals surface area contributed by atoms with E-state index in [1.807, 2.05) is 26.0 Å². The van der Waals surface area contributed by atoms with Crippen LogP contribution in [0.5, 0.6) is 11.5 Å². The molecule has 0 amide bonds. The number of ether oxygens (including phenoxy) is 1. The zero-order chi connectivity index (χ0) is 20.7. The zero-order valence-corrected chi connectivity index (χ0v) is 17.5. The molecule has 2 rings (SSSR count). The third-order valence-electron chi connectivity index (χ3n) is 4.45. The summed E-state index contributed by atoms with van der Waals surface area (Å²) in [5.41, 5.74) is 7.25. The number of benzene rings is 2. The van der Waals surface area contributed by atoms with E-state index in [4.69, 9.17) is 10.5 Å². The third kappa shape index (κ3) is 6.22. The standard InChI is InChI=1S/C21H30N2O4S/c1-16(2)15-23(28(25,26)21-10-8-20(27-3)9-11-21)13-12-18(22)14-17-4-6-19(24)7-5-17/h4-11,16,18,24H,12-15,22H2,1-3H3/t18-/m1/s1. The first-order valence-electron chi connectivity index (χ1n) is 9.40. The van der Waals surface area contributed by atoms with Crippen LogP contribution in [0.15, 0.2) is 53.4 Å². The quantitative estimate of drug-likeness (QED) is 0.633. The molecule has 28 heavy (non-hydrogen) atoms. The van der Waals surface area contributed by atoms with E-state index in [0.717, 1.165) is 5.56 Å². The van der Waals surface area contributed by atoms with Crippen LogP contribution >= 0.6 is 0 Å². The summed E-state index contributed by atoms with van der Waals surface area (Å²) in [5, 5.41) is 9.37. The van der Waals surface area contributed by atoms with Crippen LogP contribution in [0.1, 0.15) is 25.8 Å². The summed E-state index contributed by atoms with van der Waals surface area (Å²) >= 11 is 0. The minimum atomic E-state index is -3.61. The fraction of sp³-hybridized carbons (Fsp3) is 0.429. The molecule has 2 aromatic rings. The van der Waals surface area contributed by atoms with Gasteiger partial charge in [-0.2, -0.15) is 4.31 Å². The minimum Gasteiger partial charge on any atom is -0.508 e. The number of methoxy groups -OCH3 is 1. The van der Waals surface area contributed by atoms with Crippen LogP contribution in [0.4, 0.5) is 0 Å². The van der Waals surface area contributed by atoms with Crippen LogP contribution in [-0.2, 0) is 16.4 Å². The Balaban J connectivity index is 2.08. The number of nitrogens with two attached hydrogens (primary N) is 1. The Labute approximate surface area is 168 Å². The fourth-order valence-corrected chi connectivity index (χ4v) is 4.58. The first-order chi connectivity index (χ1) is 13.2. The number of aromatic hydroxyl groups is 1. The lowest BCUT2D eigenvalue weighted by atomic mass is 10.0. The Morgan fingerprint density at radius 2 is 1.68 bits per heavy atom. The Hall–Kier alpha value is -2.09. The van der Waals surface area contributed by atoms with Gasteiger partial charge in [0.1, 0.15) is 11.5 Å². The van der Waals surface area contributed by atoms with Crippen molar-refractivity contribution in [2.75, 3.05) is 20.2 Å². The van der Waals surface area contributed by atoms with Gasteiger partial charge in [-0.3, -0.25) is 0 Å². The van der Waals surface area contributed by atoms with Gasteiger partial charge >= 0.3 is 0 Å². The summed E-state index contributed by atoms with van der Waals surface area (Å²) in [4.78, 5) is 0.251. The highest BCUT2D eigenvalue weighted by molar-refractivity contribution is 7.89. The highest BCUT2D eigenvalue weighted by Gasteiger charge is 2.25. The summed E-state index contributed by atoms with van der Waals surface area (Å²) in [6.45, 7) is 4.77. The van der Waals surface area contributed by atoms with Gasteiger partial charge in [0, 0.05) is 19.1 Å². The summed E-state index contributed by atoms with van der Waals surface area (Å²) in [6.07, 6.45) is 1.17. The van der Waals surface area contributed by atoms with Gasteiger partial charge in [-0.05, 0) is 60.7 Å². The van der Waals surface area contributed by atoms with Crippen molar-refractivity contribution in [1.29, 1.82) is 0 Å². The van der Waals surface area contributed by atoms with Gasteiger partial charge in [-0.1, -0.05) is 26.0 Å². The molecule has 6 nitrogen and oxygen atoms in total. The van der Waals surface area contributed by atoms with Gasteiger partial charge < -0.3 is 15.6 Å². The fourth-order valence-electron chi connectivity index (χ4n) is 2.96. The predicted octanol–water partition coefficient (Wildman–Crippen LogP) is 3.01. The number of phenols is 1. The van der Waals surface area contributed by atoms with Gasteiger partial charge in [0.15, 0.2) is 0 Å². The molecule has 0 bridgehead atoms. The molecule has 0 spiro atoms. The van der Waals surface area contributed by atoms with Crippen molar-refractivity contribution in [3.63, 3.8) is 0 Å². The first kappa shape index (κ1) is 22.2. The second-order valence-corrected chi connectivity index (χ2v) is 9.29. The third-order valence-corrected chi connectivity index (χ3v) is 6.33. The van der Waals surface area contributed by atoms with Crippen molar-refractivity contribution in [2.45, 2.75) is 37.6 Å². The molecule has 7 heteroatoms. The van der Waals surface area contributed by atoms with E-state index in [-0.39, 0.29) is 22.6 Å². The maximum absolute atomic E-state index is 13.1. The highest BCUT2D eigenvalue weighted by Crippen LogP contribution is 2.21. The largest absolute Gasteiger partial charge is 0.508 e. The Morgan fingerprint density at radius 3 is 2.21 bits per heavy atom. The van der Waals surface area contributed by atoms with Gasteiger partial charge in [0.25, 0.3) is 0 Å². The van der Waals surface area contributed by atoms with Crippen LogP contribution in [0.25, 0.3) is 0 Å². The van der Waals surface area contributed by atoms with Crippen molar-refractivity contribution in [3.05, 3.63) is 54.1 Å². The lowest BCUT2D eigenvalue weighted by Gasteiger charge is -2.25. The van der Waals surface area contributed by atoms with Crippen molar-refractivity contribution >= 4 is 10.0 Å². The van der Waals surface area contributed by atoms with Gasteiger partial charge in [0.2, 0.25) is 10.0 Å². The molecule has 0 unspecified atom stereocenters. The molecule has 0 saturated heterocycles. The number of hydrogen-bond acceptors (Lipinski definition) is 5. The molecule has 0 aliphatic rings. The maximum Gasteiger partial charge on any atom is 0.243 e. The lowest BCUT2D eigenvalue weighted by molar-refractivity contribution is 0.351. The number of phenolic OH excluding ortho intramolecular Hbond substituents is 1. The molecule has 0 radical (unpaired) electrons. The van der Waals surface area contributed by atoms with Crippen molar-refractivity contribution in [2.24, 2.45) is 11.7 Å². The average Bonchev–Trinajstić information content (AvgIpc) is 2.66. The molecule has 0 aliphatic carbocycles. The Kier molecular flexibility index (Phi) is 7.86. The predicted molar refractivity (Wildman–Crippen MR) is 111 cm³/mol. The monoisotopic (exact) mass is 406 g/mol. The van der Waals surface area contributed by atoms with E-state index in [9.17, 15) is 13.5 Å². The second kappa shape index (κ2) is 9.91. The van der Waals surface area contributed by atoms with Gasteiger partial charge in [-0.25, -0.2) is 8.42 Å². The molecule has 1 atom stereocenters. The van der Waals surface area contributed by atoms with E-state index in [0.29, 0.717) is 31.7 Å². The van der Waals surface area contributed by atoms with E-state index in [1.165, 1.54) is 4.31 Å². The topological polar surface area (TPSA) is 92.9 Å². The van der Waals surface area contributed by atoms with Crippen LogP contribution in [0, 0.1) is 5.92 Å². The van der Waals surface area contributed by atoms with E-state index in [2.05, 4.69) is 0 Å². The molecule has 0 aliphatic heterocycles. The van der Waals surface area contributed by atoms with Crippen LogP contribution in [0.3, 0.4) is 0 Å².